The van der Waals surface area contributed by atoms with Crippen molar-refractivity contribution in [2.75, 3.05) is 16.0 Å². The summed E-state index contributed by atoms with van der Waals surface area (Å²) in [4.78, 5) is 43.2. The molecular weight excluding hydrogens is 854 g/mol. The molecule has 6 N–H and O–H groups in total. The molecule has 3 amide bonds. The lowest BCUT2D eigenvalue weighted by Crippen LogP contribution is -2.52. The molecule has 0 aliphatic heterocycles. The third-order valence-corrected chi connectivity index (χ3v) is 7.87. The van der Waals surface area contributed by atoms with E-state index >= 15 is 0 Å². The van der Waals surface area contributed by atoms with Crippen LogP contribution in [0.3, 0.4) is 0 Å². The quantitative estimate of drug-likeness (QED) is 0.107. The first-order valence-corrected chi connectivity index (χ1v) is 15.7. The van der Waals surface area contributed by atoms with Crippen molar-refractivity contribution in [2.45, 2.75) is 56.1 Å². The number of nitrogens with zero attached hydrogens (tertiary/aromatic N) is 3. The molecule has 12 nitrogen and oxygen atoms in total. The van der Waals surface area contributed by atoms with E-state index < -0.39 is 53.1 Å². The number of aliphatic hydroxyl groups is 3. The first-order valence-electron chi connectivity index (χ1n) is 14.6. The van der Waals surface area contributed by atoms with Gasteiger partial charge in [0.25, 0.3) is 17.7 Å². The normalized spacial score (nSPS) is 14.4. The highest BCUT2D eigenvalue weighted by Gasteiger charge is 2.57. The fraction of sp³-hybridized carbons (Fsp3) is 0.273. The average molecular weight is 878 g/mol. The van der Waals surface area contributed by atoms with Crippen LogP contribution in [0, 0.1) is 19.7 Å². The van der Waals surface area contributed by atoms with Crippen LogP contribution in [0.2, 0.25) is 15.1 Å². The fourth-order valence-corrected chi connectivity index (χ4v) is 3.84. The minimum absolute atomic E-state index is 0.0144. The number of carbonyl (C=O) groups is 3. The smallest absolute Gasteiger partial charge is 0.373 e. The molecule has 1 unspecified atom stereocenters. The highest BCUT2D eigenvalue weighted by Crippen LogP contribution is 2.35. The van der Waals surface area contributed by atoms with Crippen molar-refractivity contribution in [1.82, 2.24) is 0 Å². The van der Waals surface area contributed by atoms with E-state index in [1.807, 2.05) is 16.0 Å². The molecule has 306 valence electrons. The third kappa shape index (κ3) is 12.8. The van der Waals surface area contributed by atoms with Crippen LogP contribution in [0.1, 0.15) is 20.8 Å². The molecule has 3 rings (SSSR count). The van der Waals surface area contributed by atoms with Crippen molar-refractivity contribution >= 4 is 86.6 Å². The van der Waals surface area contributed by atoms with Gasteiger partial charge in [0.15, 0.2) is 0 Å². The summed E-state index contributed by atoms with van der Waals surface area (Å²) in [7, 11) is 0. The van der Waals surface area contributed by atoms with Gasteiger partial charge in [-0.1, -0.05) is 53.0 Å². The van der Waals surface area contributed by atoms with Crippen LogP contribution in [-0.2, 0) is 14.4 Å². The van der Waals surface area contributed by atoms with E-state index in [-0.39, 0.29) is 49.2 Å². The topological polar surface area (TPSA) is 161 Å². The van der Waals surface area contributed by atoms with E-state index in [2.05, 4.69) is 14.5 Å². The number of benzene rings is 3. The number of halogens is 12. The third-order valence-electron chi connectivity index (χ3n) is 6.96. The van der Waals surface area contributed by atoms with Crippen LogP contribution >= 0.6 is 34.8 Å². The first-order chi connectivity index (χ1) is 25.8. The Hall–Kier alpha value is -5.34. The molecule has 3 aromatic rings. The van der Waals surface area contributed by atoms with Gasteiger partial charge in [-0.3, -0.25) is 14.4 Å². The molecule has 0 saturated heterocycles. The van der Waals surface area contributed by atoms with Gasteiger partial charge in [-0.2, -0.15) is 39.5 Å². The van der Waals surface area contributed by atoms with Gasteiger partial charge in [-0.15, -0.1) is 0 Å². The van der Waals surface area contributed by atoms with Gasteiger partial charge in [0.05, 0.1) is 19.7 Å². The molecule has 0 heterocycles. The maximum Gasteiger partial charge on any atom is 0.426 e. The molecule has 3 atom stereocenters. The minimum Gasteiger partial charge on any atom is -0.373 e. The molecule has 57 heavy (non-hydrogen) atoms. The van der Waals surface area contributed by atoms with Crippen LogP contribution in [-0.4, -0.2) is 68.4 Å². The van der Waals surface area contributed by atoms with E-state index in [1.165, 1.54) is 36.4 Å². The lowest BCUT2D eigenvalue weighted by Gasteiger charge is -2.24. The lowest BCUT2D eigenvalue weighted by molar-refractivity contribution is -0.243. The number of hydrogen-bond acceptors (Lipinski definition) is 6. The Bertz CT molecular complexity index is 1890. The van der Waals surface area contributed by atoms with Crippen LogP contribution in [0.5, 0.6) is 0 Å². The number of carbonyl (C=O) groups excluding carboxylic acids is 3. The Morgan fingerprint density at radius 3 is 0.825 bits per heavy atom. The van der Waals surface area contributed by atoms with Gasteiger partial charge in [0.2, 0.25) is 33.9 Å². The van der Waals surface area contributed by atoms with E-state index in [9.17, 15) is 53.9 Å². The maximum absolute atomic E-state index is 12.4. The number of alkyl halides is 9. The Morgan fingerprint density at radius 2 is 0.684 bits per heavy atom. The van der Waals surface area contributed by atoms with Crippen LogP contribution < -0.4 is 16.0 Å². The Labute approximate surface area is 331 Å². The summed E-state index contributed by atoms with van der Waals surface area (Å²) in [6, 6.07) is 10.7. The van der Waals surface area contributed by atoms with Crippen molar-refractivity contribution in [1.29, 1.82) is 0 Å². The Morgan fingerprint density at radius 1 is 0.491 bits per heavy atom. The summed E-state index contributed by atoms with van der Waals surface area (Å²) < 4.78 is 112. The summed E-state index contributed by atoms with van der Waals surface area (Å²) in [6.45, 7) is 21.3. The maximum atomic E-state index is 12.4. The largest absolute Gasteiger partial charge is 0.426 e. The molecule has 0 aromatic heterocycles. The van der Waals surface area contributed by atoms with Gasteiger partial charge in [0, 0.05) is 32.1 Å². The molecule has 0 aliphatic carbocycles. The Balaban J connectivity index is 0.000000427. The van der Waals surface area contributed by atoms with Crippen molar-refractivity contribution in [3.63, 3.8) is 0 Å². The van der Waals surface area contributed by atoms with Gasteiger partial charge in [0.1, 0.15) is 0 Å². The van der Waals surface area contributed by atoms with Crippen LogP contribution in [0.4, 0.5) is 73.6 Å². The van der Waals surface area contributed by atoms with Gasteiger partial charge < -0.3 is 31.3 Å². The SMILES string of the molecule is [C-]#[N+]c1ccc(NC(=O)C(C)(O)C(F)(F)F)cc1Cl.[C-]#[N+]c1ccc(NC(=O)[C@@](C)(O)C(F)(F)F)cc1Cl.[C-]#[N+]c1ccc(NC(=O)[C@](C)(O)C(F)(F)F)cc1Cl. The van der Waals surface area contributed by atoms with Crippen molar-refractivity contribution in [3.05, 3.63) is 104 Å². The zero-order chi connectivity index (χ0) is 44.5. The van der Waals surface area contributed by atoms with Gasteiger partial charge >= 0.3 is 18.5 Å². The number of rotatable bonds is 6. The zero-order valence-corrected chi connectivity index (χ0v) is 30.9. The molecular formula is C33H24Cl3F9N6O6. The molecule has 0 spiro atoms. The molecule has 0 aliphatic rings. The van der Waals surface area contributed by atoms with Crippen molar-refractivity contribution in [2.24, 2.45) is 0 Å². The van der Waals surface area contributed by atoms with Gasteiger partial charge in [-0.25, -0.2) is 14.5 Å². The van der Waals surface area contributed by atoms with E-state index in [4.69, 9.17) is 69.8 Å². The molecule has 24 heteroatoms. The van der Waals surface area contributed by atoms with E-state index in [0.717, 1.165) is 18.2 Å². The summed E-state index contributed by atoms with van der Waals surface area (Å²) in [5.41, 5.74) is -10.4. The minimum atomic E-state index is -5.10. The van der Waals surface area contributed by atoms with Gasteiger partial charge in [-0.05, 0) is 57.2 Å². The number of anilines is 3. The summed E-state index contributed by atoms with van der Waals surface area (Å²) in [5, 5.41) is 33.0. The summed E-state index contributed by atoms with van der Waals surface area (Å²) >= 11 is 17.0. The fourth-order valence-electron chi connectivity index (χ4n) is 3.17. The van der Waals surface area contributed by atoms with Crippen molar-refractivity contribution in [3.8, 4) is 0 Å². The highest BCUT2D eigenvalue weighted by atomic mass is 35.5. The number of amides is 3. The van der Waals surface area contributed by atoms with Crippen LogP contribution in [0.25, 0.3) is 14.5 Å². The second-order valence-corrected chi connectivity index (χ2v) is 12.6. The Kier molecular flexibility index (Phi) is 16.3. The summed E-state index contributed by atoms with van der Waals surface area (Å²) in [5.74, 6) is -4.90. The van der Waals surface area contributed by atoms with E-state index in [0.29, 0.717) is 20.8 Å². The first kappa shape index (κ1) is 49.7. The highest BCUT2D eigenvalue weighted by molar-refractivity contribution is 6.34. The lowest BCUT2D eigenvalue weighted by atomic mass is 10.1. The second kappa shape index (κ2) is 18.7. The standard InChI is InChI=1S/3C11H8ClF3N2O2/c3*1-10(19,11(13,14)15)9(18)17-6-3-4-8(16-2)7(12)5-6/h3*3-5,19H,1H3,(H,17,18)/t2*10-;/m10./s1. The van der Waals surface area contributed by atoms with Crippen molar-refractivity contribution < 1.29 is 69.2 Å². The zero-order valence-electron chi connectivity index (χ0n) is 28.6. The summed E-state index contributed by atoms with van der Waals surface area (Å²) in [6.07, 6.45) is -15.3. The average Bonchev–Trinajstić information content (AvgIpc) is 3.07. The number of nitrogens with one attached hydrogen (secondary N) is 3. The molecule has 0 saturated carbocycles. The van der Waals surface area contributed by atoms with E-state index in [1.54, 1.807) is 0 Å². The predicted octanol–water partition coefficient (Wildman–Crippen LogP) is 9.43. The monoisotopic (exact) mass is 876 g/mol. The molecule has 0 bridgehead atoms. The molecule has 0 fully saturated rings. The molecule has 3 aromatic carbocycles. The number of hydrogen-bond donors (Lipinski definition) is 6. The molecule has 0 radical (unpaired) electrons. The second-order valence-electron chi connectivity index (χ2n) is 11.4. The predicted molar refractivity (Wildman–Crippen MR) is 189 cm³/mol. The van der Waals surface area contributed by atoms with Crippen LogP contribution in [0.15, 0.2) is 54.6 Å².